The molecule has 2 fully saturated rings. The smallest absolute Gasteiger partial charge is 0.253 e. The largest absolute Gasteiger partial charge is 0.336 e. The number of piperazine rings is 1. The predicted octanol–water partition coefficient (Wildman–Crippen LogP) is 2.40. The standard InChI is InChI=1S/C19H29N3OS/c1-15-12-22(13-16(2)24-15)19(23)18-6-4-5-17(11-18)14-21-9-7-20(3)8-10-21/h4-6,11,15-16H,7-10,12-14H2,1-3H3. The van der Waals surface area contributed by atoms with Gasteiger partial charge in [0.05, 0.1) is 0 Å². The molecule has 0 bridgehead atoms. The predicted molar refractivity (Wildman–Crippen MR) is 102 cm³/mol. The highest BCUT2D eigenvalue weighted by Crippen LogP contribution is 2.26. The van der Waals surface area contributed by atoms with Crippen LogP contribution in [0.5, 0.6) is 0 Å². The fourth-order valence-electron chi connectivity index (χ4n) is 3.59. The van der Waals surface area contributed by atoms with Crippen LogP contribution >= 0.6 is 11.8 Å². The van der Waals surface area contributed by atoms with Crippen molar-refractivity contribution in [1.29, 1.82) is 0 Å². The number of nitrogens with zero attached hydrogens (tertiary/aromatic N) is 3. The molecule has 4 nitrogen and oxygen atoms in total. The molecule has 2 aliphatic heterocycles. The van der Waals surface area contributed by atoms with Crippen LogP contribution in [0.25, 0.3) is 0 Å². The molecule has 0 aliphatic carbocycles. The van der Waals surface area contributed by atoms with E-state index >= 15 is 0 Å². The summed E-state index contributed by atoms with van der Waals surface area (Å²) in [6.07, 6.45) is 0. The Morgan fingerprint density at radius 3 is 2.46 bits per heavy atom. The minimum absolute atomic E-state index is 0.189. The van der Waals surface area contributed by atoms with Crippen LogP contribution in [-0.4, -0.2) is 77.4 Å². The van der Waals surface area contributed by atoms with Gasteiger partial charge in [-0.1, -0.05) is 26.0 Å². The molecular formula is C19H29N3OS. The molecule has 2 unspecified atom stereocenters. The molecule has 132 valence electrons. The lowest BCUT2D eigenvalue weighted by molar-refractivity contribution is 0.0753. The van der Waals surface area contributed by atoms with Crippen molar-refractivity contribution in [3.8, 4) is 0 Å². The summed E-state index contributed by atoms with van der Waals surface area (Å²) in [4.78, 5) is 19.7. The molecule has 3 rings (SSSR count). The summed E-state index contributed by atoms with van der Waals surface area (Å²) in [5.74, 6) is 0.189. The summed E-state index contributed by atoms with van der Waals surface area (Å²) in [5.41, 5.74) is 2.09. The molecule has 24 heavy (non-hydrogen) atoms. The maximum atomic E-state index is 12.9. The second-order valence-corrected chi connectivity index (χ2v) is 9.13. The molecule has 2 saturated heterocycles. The molecule has 1 aromatic carbocycles. The summed E-state index contributed by atoms with van der Waals surface area (Å²) >= 11 is 1.98. The van der Waals surface area contributed by atoms with E-state index in [0.717, 1.165) is 51.4 Å². The highest BCUT2D eigenvalue weighted by Gasteiger charge is 2.26. The van der Waals surface area contributed by atoms with Gasteiger partial charge in [-0.3, -0.25) is 9.69 Å². The summed E-state index contributed by atoms with van der Waals surface area (Å²) in [6.45, 7) is 11.5. The van der Waals surface area contributed by atoms with E-state index < -0.39 is 0 Å². The Balaban J connectivity index is 1.65. The number of hydrogen-bond acceptors (Lipinski definition) is 4. The van der Waals surface area contributed by atoms with E-state index in [2.05, 4.69) is 42.8 Å². The molecule has 5 heteroatoms. The van der Waals surface area contributed by atoms with Gasteiger partial charge in [-0.25, -0.2) is 0 Å². The van der Waals surface area contributed by atoms with Crippen LogP contribution < -0.4 is 0 Å². The van der Waals surface area contributed by atoms with Gasteiger partial charge in [0.15, 0.2) is 0 Å². The first-order valence-electron chi connectivity index (χ1n) is 8.96. The highest BCUT2D eigenvalue weighted by molar-refractivity contribution is 8.00. The third-order valence-electron chi connectivity index (χ3n) is 4.88. The van der Waals surface area contributed by atoms with Crippen LogP contribution in [0.2, 0.25) is 0 Å². The molecule has 0 N–H and O–H groups in total. The SMILES string of the molecule is CC1CN(C(=O)c2cccc(CN3CCN(C)CC3)c2)CC(C)S1. The Morgan fingerprint density at radius 2 is 1.79 bits per heavy atom. The molecule has 0 radical (unpaired) electrons. The first-order chi connectivity index (χ1) is 11.5. The molecule has 1 aromatic rings. The van der Waals surface area contributed by atoms with Crippen molar-refractivity contribution in [2.45, 2.75) is 30.9 Å². The highest BCUT2D eigenvalue weighted by atomic mass is 32.2. The normalized spacial score (nSPS) is 26.5. The molecule has 2 aliphatic rings. The van der Waals surface area contributed by atoms with E-state index in [-0.39, 0.29) is 5.91 Å². The van der Waals surface area contributed by atoms with Gasteiger partial charge in [-0.15, -0.1) is 0 Å². The maximum absolute atomic E-state index is 12.9. The minimum atomic E-state index is 0.189. The topological polar surface area (TPSA) is 26.8 Å². The Labute approximate surface area is 150 Å². The maximum Gasteiger partial charge on any atom is 0.253 e. The van der Waals surface area contributed by atoms with Gasteiger partial charge in [0.25, 0.3) is 5.91 Å². The van der Waals surface area contributed by atoms with Gasteiger partial charge in [-0.2, -0.15) is 11.8 Å². The van der Waals surface area contributed by atoms with E-state index in [1.165, 1.54) is 5.56 Å². The quantitative estimate of drug-likeness (QED) is 0.839. The molecule has 2 atom stereocenters. The first-order valence-corrected chi connectivity index (χ1v) is 9.90. The lowest BCUT2D eigenvalue weighted by atomic mass is 10.1. The van der Waals surface area contributed by atoms with Gasteiger partial charge >= 0.3 is 0 Å². The van der Waals surface area contributed by atoms with Gasteiger partial charge < -0.3 is 9.80 Å². The average molecular weight is 348 g/mol. The zero-order chi connectivity index (χ0) is 17.1. The van der Waals surface area contributed by atoms with Crippen LogP contribution in [0, 0.1) is 0 Å². The third kappa shape index (κ3) is 4.52. The van der Waals surface area contributed by atoms with Crippen LogP contribution in [0.1, 0.15) is 29.8 Å². The van der Waals surface area contributed by atoms with E-state index in [9.17, 15) is 4.79 Å². The Hall–Kier alpha value is -1.04. The van der Waals surface area contributed by atoms with E-state index in [0.29, 0.717) is 10.5 Å². The third-order valence-corrected chi connectivity index (χ3v) is 6.11. The number of amides is 1. The summed E-state index contributed by atoms with van der Waals surface area (Å²) < 4.78 is 0. The monoisotopic (exact) mass is 347 g/mol. The Bertz CT molecular complexity index is 561. The summed E-state index contributed by atoms with van der Waals surface area (Å²) in [7, 11) is 2.18. The van der Waals surface area contributed by atoms with Gasteiger partial charge in [-0.05, 0) is 24.7 Å². The number of rotatable bonds is 3. The van der Waals surface area contributed by atoms with E-state index in [1.807, 2.05) is 28.8 Å². The molecule has 0 spiro atoms. The average Bonchev–Trinajstić information content (AvgIpc) is 2.56. The second kappa shape index (κ2) is 7.89. The van der Waals surface area contributed by atoms with Crippen LogP contribution in [0.3, 0.4) is 0 Å². The van der Waals surface area contributed by atoms with Crippen molar-refractivity contribution < 1.29 is 4.79 Å². The number of benzene rings is 1. The fraction of sp³-hybridized carbons (Fsp3) is 0.632. The zero-order valence-corrected chi connectivity index (χ0v) is 15.9. The van der Waals surface area contributed by atoms with Crippen molar-refractivity contribution in [2.75, 3.05) is 46.3 Å². The van der Waals surface area contributed by atoms with E-state index in [1.54, 1.807) is 0 Å². The second-order valence-electron chi connectivity index (χ2n) is 7.25. The van der Waals surface area contributed by atoms with Crippen LogP contribution in [0.15, 0.2) is 24.3 Å². The van der Waals surface area contributed by atoms with Crippen molar-refractivity contribution in [1.82, 2.24) is 14.7 Å². The lowest BCUT2D eigenvalue weighted by Gasteiger charge is -2.35. The first kappa shape index (κ1) is 17.8. The van der Waals surface area contributed by atoms with Crippen LogP contribution in [-0.2, 0) is 6.54 Å². The van der Waals surface area contributed by atoms with Crippen molar-refractivity contribution >= 4 is 17.7 Å². The van der Waals surface area contributed by atoms with Gasteiger partial charge in [0, 0.05) is 61.9 Å². The van der Waals surface area contributed by atoms with Gasteiger partial charge in [0.1, 0.15) is 0 Å². The number of carbonyl (C=O) groups is 1. The van der Waals surface area contributed by atoms with E-state index in [4.69, 9.17) is 0 Å². The molecule has 2 heterocycles. The molecule has 0 saturated carbocycles. The zero-order valence-electron chi connectivity index (χ0n) is 15.1. The van der Waals surface area contributed by atoms with Crippen molar-refractivity contribution in [2.24, 2.45) is 0 Å². The number of thioether (sulfide) groups is 1. The van der Waals surface area contributed by atoms with Crippen LogP contribution in [0.4, 0.5) is 0 Å². The van der Waals surface area contributed by atoms with Crippen molar-refractivity contribution in [3.05, 3.63) is 35.4 Å². The number of hydrogen-bond donors (Lipinski definition) is 0. The van der Waals surface area contributed by atoms with Crippen molar-refractivity contribution in [3.63, 3.8) is 0 Å². The Kier molecular flexibility index (Phi) is 5.85. The summed E-state index contributed by atoms with van der Waals surface area (Å²) in [5, 5.41) is 1.04. The Morgan fingerprint density at radius 1 is 1.12 bits per heavy atom. The summed E-state index contributed by atoms with van der Waals surface area (Å²) in [6, 6.07) is 8.24. The fourth-order valence-corrected chi connectivity index (χ4v) is 4.92. The molecule has 0 aromatic heterocycles. The molecular weight excluding hydrogens is 318 g/mol. The lowest BCUT2D eigenvalue weighted by Crippen LogP contribution is -2.44. The van der Waals surface area contributed by atoms with Gasteiger partial charge in [0.2, 0.25) is 0 Å². The number of carbonyl (C=O) groups excluding carboxylic acids is 1. The number of likely N-dealkylation sites (N-methyl/N-ethyl adjacent to an activating group) is 1. The molecule has 1 amide bonds. The minimum Gasteiger partial charge on any atom is -0.336 e.